The number of para-hydroxylation sites is 2. The number of benzene rings is 1. The molecule has 3 rings (SSSR count). The van der Waals surface area contributed by atoms with E-state index in [4.69, 9.17) is 14.2 Å². The highest BCUT2D eigenvalue weighted by molar-refractivity contribution is 5.40. The van der Waals surface area contributed by atoms with Gasteiger partial charge >= 0.3 is 0 Å². The van der Waals surface area contributed by atoms with Crippen LogP contribution >= 0.6 is 0 Å². The molecule has 2 aliphatic rings. The van der Waals surface area contributed by atoms with Crippen molar-refractivity contribution in [2.75, 3.05) is 19.8 Å². The molecule has 0 radical (unpaired) electrons. The van der Waals surface area contributed by atoms with E-state index in [2.05, 4.69) is 0 Å². The monoisotopic (exact) mass is 264 g/mol. The Bertz CT molecular complexity index is 414. The molecule has 2 unspecified atom stereocenters. The van der Waals surface area contributed by atoms with Gasteiger partial charge in [0, 0.05) is 13.2 Å². The first-order valence-corrected chi connectivity index (χ1v) is 6.97. The largest absolute Gasteiger partial charge is 0.486 e. The quantitative estimate of drug-likeness (QED) is 0.907. The average Bonchev–Trinajstić information content (AvgIpc) is 2.48. The molecule has 1 saturated heterocycles. The van der Waals surface area contributed by atoms with E-state index in [9.17, 15) is 5.11 Å². The summed E-state index contributed by atoms with van der Waals surface area (Å²) in [6, 6.07) is 7.59. The van der Waals surface area contributed by atoms with E-state index in [0.717, 1.165) is 44.0 Å². The molecule has 0 spiro atoms. The maximum absolute atomic E-state index is 10.3. The Labute approximate surface area is 113 Å². The minimum absolute atomic E-state index is 0.266. The molecule has 104 valence electrons. The summed E-state index contributed by atoms with van der Waals surface area (Å²) in [4.78, 5) is 0. The normalized spacial score (nSPS) is 25.0. The van der Waals surface area contributed by atoms with E-state index in [-0.39, 0.29) is 6.10 Å². The van der Waals surface area contributed by atoms with Crippen molar-refractivity contribution in [1.82, 2.24) is 0 Å². The van der Waals surface area contributed by atoms with Crippen LogP contribution in [-0.4, -0.2) is 37.1 Å². The fraction of sp³-hybridized carbons (Fsp3) is 0.600. The van der Waals surface area contributed by atoms with Crippen molar-refractivity contribution in [1.29, 1.82) is 0 Å². The summed E-state index contributed by atoms with van der Waals surface area (Å²) in [5, 5.41) is 10.3. The zero-order valence-corrected chi connectivity index (χ0v) is 11.0. The van der Waals surface area contributed by atoms with Gasteiger partial charge in [0.05, 0.1) is 6.10 Å². The lowest BCUT2D eigenvalue weighted by atomic mass is 9.92. The standard InChI is InChI=1S/C15H20O4/c16-12(9-11-5-7-17-8-6-11)15-10-18-13-3-1-2-4-14(13)19-15/h1-4,11-12,15-16H,5-10H2. The fourth-order valence-corrected chi connectivity index (χ4v) is 2.70. The van der Waals surface area contributed by atoms with Crippen LogP contribution in [0.4, 0.5) is 0 Å². The summed E-state index contributed by atoms with van der Waals surface area (Å²) in [5.74, 6) is 2.02. The van der Waals surface area contributed by atoms with Crippen LogP contribution in [-0.2, 0) is 4.74 Å². The van der Waals surface area contributed by atoms with Crippen molar-refractivity contribution in [3.8, 4) is 11.5 Å². The second-order valence-corrected chi connectivity index (χ2v) is 5.27. The van der Waals surface area contributed by atoms with Crippen molar-refractivity contribution < 1.29 is 19.3 Å². The van der Waals surface area contributed by atoms with Crippen LogP contribution in [0, 0.1) is 5.92 Å². The Hall–Kier alpha value is -1.26. The molecule has 0 aliphatic carbocycles. The molecule has 1 aromatic rings. The highest BCUT2D eigenvalue weighted by atomic mass is 16.6. The molecule has 1 N–H and O–H groups in total. The molecule has 4 nitrogen and oxygen atoms in total. The molecule has 0 amide bonds. The molecule has 2 heterocycles. The molecule has 19 heavy (non-hydrogen) atoms. The Kier molecular flexibility index (Phi) is 3.89. The molecule has 0 saturated carbocycles. The summed E-state index contributed by atoms with van der Waals surface area (Å²) in [6.45, 7) is 2.03. The maximum Gasteiger partial charge on any atom is 0.161 e. The molecule has 0 aromatic heterocycles. The second kappa shape index (κ2) is 5.80. The predicted molar refractivity (Wildman–Crippen MR) is 70.5 cm³/mol. The lowest BCUT2D eigenvalue weighted by Crippen LogP contribution is -2.41. The Morgan fingerprint density at radius 3 is 2.68 bits per heavy atom. The lowest BCUT2D eigenvalue weighted by Gasteiger charge is -2.32. The van der Waals surface area contributed by atoms with Gasteiger partial charge in [-0.05, 0) is 37.3 Å². The van der Waals surface area contributed by atoms with Gasteiger partial charge < -0.3 is 19.3 Å². The molecule has 2 atom stereocenters. The van der Waals surface area contributed by atoms with Gasteiger partial charge in [-0.2, -0.15) is 0 Å². The van der Waals surface area contributed by atoms with Crippen LogP contribution in [0.15, 0.2) is 24.3 Å². The minimum atomic E-state index is -0.476. The second-order valence-electron chi connectivity index (χ2n) is 5.27. The number of aliphatic hydroxyl groups excluding tert-OH is 1. The van der Waals surface area contributed by atoms with Crippen molar-refractivity contribution in [2.24, 2.45) is 5.92 Å². The van der Waals surface area contributed by atoms with Crippen LogP contribution < -0.4 is 9.47 Å². The lowest BCUT2D eigenvalue weighted by molar-refractivity contribution is -0.0313. The van der Waals surface area contributed by atoms with Gasteiger partial charge in [-0.15, -0.1) is 0 Å². The summed E-state index contributed by atoms with van der Waals surface area (Å²) in [5.41, 5.74) is 0. The topological polar surface area (TPSA) is 47.9 Å². The van der Waals surface area contributed by atoms with Gasteiger partial charge in [0.15, 0.2) is 17.6 Å². The summed E-state index contributed by atoms with van der Waals surface area (Å²) < 4.78 is 16.8. The first-order valence-electron chi connectivity index (χ1n) is 6.97. The number of hydrogen-bond acceptors (Lipinski definition) is 4. The predicted octanol–water partition coefficient (Wildman–Crippen LogP) is 2.00. The van der Waals surface area contributed by atoms with Crippen LogP contribution in [0.1, 0.15) is 19.3 Å². The van der Waals surface area contributed by atoms with E-state index in [0.29, 0.717) is 12.5 Å². The van der Waals surface area contributed by atoms with Crippen molar-refractivity contribution in [2.45, 2.75) is 31.5 Å². The summed E-state index contributed by atoms with van der Waals surface area (Å²) in [6.07, 6.45) is 2.08. The highest BCUT2D eigenvalue weighted by Gasteiger charge is 2.29. The number of aliphatic hydroxyl groups is 1. The van der Waals surface area contributed by atoms with Gasteiger partial charge in [-0.25, -0.2) is 0 Å². The Morgan fingerprint density at radius 2 is 1.89 bits per heavy atom. The fourth-order valence-electron chi connectivity index (χ4n) is 2.70. The van der Waals surface area contributed by atoms with Gasteiger partial charge in [0.25, 0.3) is 0 Å². The molecule has 1 aromatic carbocycles. The number of hydrogen-bond donors (Lipinski definition) is 1. The average molecular weight is 264 g/mol. The van der Waals surface area contributed by atoms with Crippen LogP contribution in [0.5, 0.6) is 11.5 Å². The van der Waals surface area contributed by atoms with Gasteiger partial charge in [-0.1, -0.05) is 12.1 Å². The molecule has 1 fully saturated rings. The molecule has 4 heteroatoms. The third-order valence-electron chi connectivity index (χ3n) is 3.88. The summed E-state index contributed by atoms with van der Waals surface area (Å²) >= 11 is 0. The zero-order valence-electron chi connectivity index (χ0n) is 11.0. The van der Waals surface area contributed by atoms with E-state index in [1.54, 1.807) is 0 Å². The molecule has 2 aliphatic heterocycles. The van der Waals surface area contributed by atoms with Crippen LogP contribution in [0.3, 0.4) is 0 Å². The Morgan fingerprint density at radius 1 is 1.16 bits per heavy atom. The highest BCUT2D eigenvalue weighted by Crippen LogP contribution is 2.33. The SMILES string of the molecule is OC(CC1CCOCC1)C1COc2ccccc2O1. The van der Waals surface area contributed by atoms with Gasteiger partial charge in [0.1, 0.15) is 6.61 Å². The van der Waals surface area contributed by atoms with E-state index >= 15 is 0 Å². The van der Waals surface area contributed by atoms with Gasteiger partial charge in [-0.3, -0.25) is 0 Å². The van der Waals surface area contributed by atoms with Crippen molar-refractivity contribution in [3.63, 3.8) is 0 Å². The number of ether oxygens (including phenoxy) is 3. The molecule has 0 bridgehead atoms. The first-order chi connectivity index (χ1) is 9.33. The number of rotatable bonds is 3. The van der Waals surface area contributed by atoms with Gasteiger partial charge in [0.2, 0.25) is 0 Å². The molecular formula is C15H20O4. The third-order valence-corrected chi connectivity index (χ3v) is 3.88. The van der Waals surface area contributed by atoms with Crippen LogP contribution in [0.25, 0.3) is 0 Å². The number of fused-ring (bicyclic) bond motifs is 1. The summed E-state index contributed by atoms with van der Waals surface area (Å²) in [7, 11) is 0. The first kappa shape index (κ1) is 12.8. The molecular weight excluding hydrogens is 244 g/mol. The van der Waals surface area contributed by atoms with E-state index < -0.39 is 6.10 Å². The zero-order chi connectivity index (χ0) is 13.1. The van der Waals surface area contributed by atoms with E-state index in [1.165, 1.54) is 0 Å². The maximum atomic E-state index is 10.3. The Balaban J connectivity index is 1.58. The van der Waals surface area contributed by atoms with Crippen molar-refractivity contribution >= 4 is 0 Å². The third kappa shape index (κ3) is 3.01. The minimum Gasteiger partial charge on any atom is -0.486 e. The van der Waals surface area contributed by atoms with Crippen LogP contribution in [0.2, 0.25) is 0 Å². The smallest absolute Gasteiger partial charge is 0.161 e. The van der Waals surface area contributed by atoms with Crippen molar-refractivity contribution in [3.05, 3.63) is 24.3 Å². The van der Waals surface area contributed by atoms with E-state index in [1.807, 2.05) is 24.3 Å².